The first-order chi connectivity index (χ1) is 15.1. The summed E-state index contributed by atoms with van der Waals surface area (Å²) in [5, 5.41) is 0.830. The molecule has 1 fully saturated rings. The lowest BCUT2D eigenvalue weighted by molar-refractivity contribution is -0.122. The van der Waals surface area contributed by atoms with Gasteiger partial charge in [0.1, 0.15) is 12.4 Å². The maximum atomic E-state index is 13.1. The molecule has 4 nitrogen and oxygen atoms in total. The number of aliphatic imine (C=N–C) groups is 1. The first-order valence-corrected chi connectivity index (χ1v) is 12.0. The van der Waals surface area contributed by atoms with E-state index in [0.29, 0.717) is 11.5 Å². The van der Waals surface area contributed by atoms with Gasteiger partial charge in [-0.2, -0.15) is 0 Å². The molecule has 1 amide bonds. The van der Waals surface area contributed by atoms with Crippen LogP contribution in [0.2, 0.25) is 0 Å². The van der Waals surface area contributed by atoms with E-state index in [9.17, 15) is 4.79 Å². The summed E-state index contributed by atoms with van der Waals surface area (Å²) in [6.45, 7) is 8.34. The lowest BCUT2D eigenvalue weighted by atomic mass is 10.1. The van der Waals surface area contributed by atoms with Crippen molar-refractivity contribution >= 4 is 28.9 Å². The molecule has 0 radical (unpaired) electrons. The SMILES string of the molecule is CCCCN=C1SC(=Cc2ccccc2OCc2ccc(C)cc2)C(=O)N1CCCC. The third-order valence-corrected chi connectivity index (χ3v) is 6.15. The van der Waals surface area contributed by atoms with E-state index in [-0.39, 0.29) is 5.91 Å². The third-order valence-electron chi connectivity index (χ3n) is 5.10. The molecule has 1 heterocycles. The molecule has 5 heteroatoms. The number of nitrogens with zero attached hydrogens (tertiary/aromatic N) is 2. The molecule has 0 saturated carbocycles. The van der Waals surface area contributed by atoms with Gasteiger partial charge in [0.2, 0.25) is 0 Å². The zero-order valence-electron chi connectivity index (χ0n) is 18.8. The molecule has 0 bridgehead atoms. The number of carbonyl (C=O) groups excluding carboxylic acids is 1. The largest absolute Gasteiger partial charge is 0.488 e. The first-order valence-electron chi connectivity index (χ1n) is 11.2. The minimum Gasteiger partial charge on any atom is -0.488 e. The number of unbranched alkanes of at least 4 members (excludes halogenated alkanes) is 2. The minimum absolute atomic E-state index is 0.0436. The second-order valence-electron chi connectivity index (χ2n) is 7.75. The number of aryl methyl sites for hydroxylation is 1. The van der Waals surface area contributed by atoms with Gasteiger partial charge in [-0.15, -0.1) is 0 Å². The van der Waals surface area contributed by atoms with Crippen LogP contribution in [0.3, 0.4) is 0 Å². The number of amides is 1. The number of ether oxygens (including phenoxy) is 1. The van der Waals surface area contributed by atoms with Gasteiger partial charge in [0, 0.05) is 18.7 Å². The number of carbonyl (C=O) groups is 1. The smallest absolute Gasteiger partial charge is 0.266 e. The molecule has 0 N–H and O–H groups in total. The van der Waals surface area contributed by atoms with E-state index in [4.69, 9.17) is 9.73 Å². The molecule has 0 spiro atoms. The van der Waals surface area contributed by atoms with Crippen LogP contribution in [-0.4, -0.2) is 29.1 Å². The fourth-order valence-electron chi connectivity index (χ4n) is 3.19. The van der Waals surface area contributed by atoms with Crippen molar-refractivity contribution in [3.05, 3.63) is 70.1 Å². The van der Waals surface area contributed by atoms with Crippen molar-refractivity contribution in [3.8, 4) is 5.75 Å². The van der Waals surface area contributed by atoms with Gasteiger partial charge >= 0.3 is 0 Å². The topological polar surface area (TPSA) is 41.9 Å². The highest BCUT2D eigenvalue weighted by Crippen LogP contribution is 2.34. The van der Waals surface area contributed by atoms with Crippen LogP contribution in [-0.2, 0) is 11.4 Å². The summed E-state index contributed by atoms with van der Waals surface area (Å²) in [6.07, 6.45) is 6.10. The number of thioether (sulfide) groups is 1. The van der Waals surface area contributed by atoms with Gasteiger partial charge in [0.25, 0.3) is 5.91 Å². The van der Waals surface area contributed by atoms with Gasteiger partial charge in [-0.25, -0.2) is 0 Å². The summed E-state index contributed by atoms with van der Waals surface area (Å²) in [4.78, 5) is 20.3. The van der Waals surface area contributed by atoms with Crippen LogP contribution in [0.25, 0.3) is 6.08 Å². The molecule has 1 aliphatic heterocycles. The molecule has 1 saturated heterocycles. The number of hydrogen-bond donors (Lipinski definition) is 0. The monoisotopic (exact) mass is 436 g/mol. The Morgan fingerprint density at radius 2 is 1.77 bits per heavy atom. The van der Waals surface area contributed by atoms with E-state index < -0.39 is 0 Å². The number of amidine groups is 1. The summed E-state index contributed by atoms with van der Waals surface area (Å²) in [6, 6.07) is 16.2. The van der Waals surface area contributed by atoms with Gasteiger partial charge in [-0.3, -0.25) is 14.7 Å². The molecule has 3 rings (SSSR count). The molecule has 164 valence electrons. The molecule has 2 aromatic rings. The highest BCUT2D eigenvalue weighted by Gasteiger charge is 2.32. The number of hydrogen-bond acceptors (Lipinski definition) is 4. The minimum atomic E-state index is 0.0436. The average Bonchev–Trinajstić information content (AvgIpc) is 3.07. The molecule has 0 aromatic heterocycles. The molecule has 1 aliphatic rings. The standard InChI is InChI=1S/C26H32N2O2S/c1-4-6-16-27-26-28(17-7-5-2)25(29)24(31-26)18-22-10-8-9-11-23(22)30-19-21-14-12-20(3)13-15-21/h8-15,18H,4-7,16-17,19H2,1-3H3. The van der Waals surface area contributed by atoms with Crippen molar-refractivity contribution in [2.45, 2.75) is 53.1 Å². The number of rotatable bonds is 10. The van der Waals surface area contributed by atoms with E-state index in [2.05, 4.69) is 45.0 Å². The van der Waals surface area contributed by atoms with Crippen molar-refractivity contribution < 1.29 is 9.53 Å². The maximum Gasteiger partial charge on any atom is 0.266 e. The summed E-state index contributed by atoms with van der Waals surface area (Å²) in [5.41, 5.74) is 3.26. The Balaban J connectivity index is 1.79. The lowest BCUT2D eigenvalue weighted by Gasteiger charge is -2.14. The van der Waals surface area contributed by atoms with Crippen molar-refractivity contribution in [2.75, 3.05) is 13.1 Å². The predicted molar refractivity (Wildman–Crippen MR) is 131 cm³/mol. The van der Waals surface area contributed by atoms with E-state index >= 15 is 0 Å². The van der Waals surface area contributed by atoms with Crippen LogP contribution < -0.4 is 4.74 Å². The fourth-order valence-corrected chi connectivity index (χ4v) is 4.21. The van der Waals surface area contributed by atoms with Crippen LogP contribution >= 0.6 is 11.8 Å². The van der Waals surface area contributed by atoms with Crippen molar-refractivity contribution in [1.82, 2.24) is 4.90 Å². The van der Waals surface area contributed by atoms with Gasteiger partial charge in [-0.1, -0.05) is 74.7 Å². The zero-order valence-corrected chi connectivity index (χ0v) is 19.6. The Hall–Kier alpha value is -2.53. The third kappa shape index (κ3) is 6.47. The van der Waals surface area contributed by atoms with Gasteiger partial charge in [-0.05, 0) is 49.2 Å². The quantitative estimate of drug-likeness (QED) is 0.318. The van der Waals surface area contributed by atoms with Crippen molar-refractivity contribution in [2.24, 2.45) is 4.99 Å². The molecule has 0 atom stereocenters. The Morgan fingerprint density at radius 3 is 2.52 bits per heavy atom. The summed E-state index contributed by atoms with van der Waals surface area (Å²) in [7, 11) is 0. The van der Waals surface area contributed by atoms with E-state index in [1.165, 1.54) is 17.3 Å². The Morgan fingerprint density at radius 1 is 1.03 bits per heavy atom. The second kappa shape index (κ2) is 11.8. The Bertz CT molecular complexity index is 935. The second-order valence-corrected chi connectivity index (χ2v) is 8.76. The fraction of sp³-hybridized carbons (Fsp3) is 0.385. The van der Waals surface area contributed by atoms with Crippen molar-refractivity contribution in [3.63, 3.8) is 0 Å². The highest BCUT2D eigenvalue weighted by atomic mass is 32.2. The Labute approximate surface area is 190 Å². The molecular weight excluding hydrogens is 404 g/mol. The summed E-state index contributed by atoms with van der Waals surface area (Å²) < 4.78 is 6.10. The highest BCUT2D eigenvalue weighted by molar-refractivity contribution is 8.18. The van der Waals surface area contributed by atoms with Gasteiger partial charge in [0.15, 0.2) is 5.17 Å². The molecular formula is C26H32N2O2S. The molecule has 2 aromatic carbocycles. The van der Waals surface area contributed by atoms with E-state index in [1.54, 1.807) is 0 Å². The van der Waals surface area contributed by atoms with E-state index in [1.807, 2.05) is 35.2 Å². The lowest BCUT2D eigenvalue weighted by Crippen LogP contribution is -2.30. The number of benzene rings is 2. The normalized spacial score (nSPS) is 16.5. The summed E-state index contributed by atoms with van der Waals surface area (Å²) >= 11 is 1.48. The average molecular weight is 437 g/mol. The van der Waals surface area contributed by atoms with E-state index in [0.717, 1.165) is 60.8 Å². The Kier molecular flexibility index (Phi) is 8.77. The molecule has 0 aliphatic carbocycles. The van der Waals surface area contributed by atoms with Gasteiger partial charge < -0.3 is 4.74 Å². The number of para-hydroxylation sites is 1. The predicted octanol–water partition coefficient (Wildman–Crippen LogP) is 6.45. The molecule has 31 heavy (non-hydrogen) atoms. The zero-order chi connectivity index (χ0) is 22.1. The molecule has 0 unspecified atom stereocenters. The van der Waals surface area contributed by atoms with Crippen LogP contribution in [0.4, 0.5) is 0 Å². The van der Waals surface area contributed by atoms with Crippen LogP contribution in [0.1, 0.15) is 56.2 Å². The van der Waals surface area contributed by atoms with Crippen LogP contribution in [0.5, 0.6) is 5.75 Å². The van der Waals surface area contributed by atoms with Crippen LogP contribution in [0, 0.1) is 6.92 Å². The van der Waals surface area contributed by atoms with Gasteiger partial charge in [0.05, 0.1) is 4.91 Å². The van der Waals surface area contributed by atoms with Crippen molar-refractivity contribution in [1.29, 1.82) is 0 Å². The maximum absolute atomic E-state index is 13.1. The first kappa shape index (κ1) is 23.1. The van der Waals surface area contributed by atoms with Crippen LogP contribution in [0.15, 0.2) is 58.4 Å². The summed E-state index contributed by atoms with van der Waals surface area (Å²) in [5.74, 6) is 0.822.